The maximum atomic E-state index is 9.60. The molecule has 0 amide bonds. The molecule has 0 aliphatic rings. The maximum absolute atomic E-state index is 9.60. The van der Waals surface area contributed by atoms with E-state index in [0.717, 1.165) is 6.42 Å². The van der Waals surface area contributed by atoms with Crippen molar-refractivity contribution in [2.24, 2.45) is 11.8 Å². The third-order valence-electron chi connectivity index (χ3n) is 2.61. The summed E-state index contributed by atoms with van der Waals surface area (Å²) in [6, 6.07) is 0. The molecule has 0 spiro atoms. The number of hydrogen-bond donors (Lipinski definition) is 3. The van der Waals surface area contributed by atoms with Crippen LogP contribution in [0.4, 0.5) is 0 Å². The summed E-state index contributed by atoms with van der Waals surface area (Å²) in [5.41, 5.74) is 0. The van der Waals surface area contributed by atoms with E-state index in [-0.39, 0.29) is 11.8 Å². The Hall–Kier alpha value is -0.120. The van der Waals surface area contributed by atoms with E-state index in [1.165, 1.54) is 0 Å². The highest BCUT2D eigenvalue weighted by atomic mass is 16.4. The first kappa shape index (κ1) is 12.9. The van der Waals surface area contributed by atoms with Gasteiger partial charge in [0.1, 0.15) is 6.10 Å². The van der Waals surface area contributed by atoms with Gasteiger partial charge in [0.15, 0.2) is 0 Å². The maximum Gasteiger partial charge on any atom is 0.106 e. The summed E-state index contributed by atoms with van der Waals surface area (Å²) in [6.45, 7) is 7.44. The van der Waals surface area contributed by atoms with Gasteiger partial charge in [0.25, 0.3) is 0 Å². The van der Waals surface area contributed by atoms with Gasteiger partial charge in [0, 0.05) is 0 Å². The first-order valence-electron chi connectivity index (χ1n) is 4.96. The Bertz CT molecular complexity index is 136. The van der Waals surface area contributed by atoms with Crippen LogP contribution in [0.5, 0.6) is 0 Å². The van der Waals surface area contributed by atoms with Crippen LogP contribution in [-0.4, -0.2) is 33.6 Å². The van der Waals surface area contributed by atoms with Crippen LogP contribution in [0, 0.1) is 11.8 Å². The Morgan fingerprint density at radius 3 is 1.62 bits per heavy atom. The molecule has 3 N–H and O–H groups in total. The standard InChI is InChI=1S/C10H22O3/c1-5-7(4)9(12)10(13)8(11)6(2)3/h6-13H,5H2,1-4H3/t7-,8-,9-,10-/m1/s1. The van der Waals surface area contributed by atoms with Crippen molar-refractivity contribution in [2.75, 3.05) is 0 Å². The van der Waals surface area contributed by atoms with Gasteiger partial charge >= 0.3 is 0 Å². The smallest absolute Gasteiger partial charge is 0.106 e. The van der Waals surface area contributed by atoms with Crippen LogP contribution >= 0.6 is 0 Å². The Morgan fingerprint density at radius 2 is 1.31 bits per heavy atom. The molecule has 0 aromatic rings. The Balaban J connectivity index is 4.15. The second-order valence-electron chi connectivity index (χ2n) is 4.10. The van der Waals surface area contributed by atoms with E-state index in [1.54, 1.807) is 0 Å². The van der Waals surface area contributed by atoms with E-state index in [2.05, 4.69) is 0 Å². The molecule has 4 atom stereocenters. The van der Waals surface area contributed by atoms with Crippen LogP contribution in [-0.2, 0) is 0 Å². The molecular weight excluding hydrogens is 168 g/mol. The minimum absolute atomic E-state index is 0.0170. The fraction of sp³-hybridized carbons (Fsp3) is 1.00. The van der Waals surface area contributed by atoms with Gasteiger partial charge in [0.2, 0.25) is 0 Å². The molecule has 0 aliphatic carbocycles. The monoisotopic (exact) mass is 190 g/mol. The zero-order valence-corrected chi connectivity index (χ0v) is 8.94. The van der Waals surface area contributed by atoms with Gasteiger partial charge in [-0.15, -0.1) is 0 Å². The van der Waals surface area contributed by atoms with Crippen molar-refractivity contribution in [1.82, 2.24) is 0 Å². The highest BCUT2D eigenvalue weighted by molar-refractivity contribution is 4.80. The normalized spacial score (nSPS) is 21.2. The van der Waals surface area contributed by atoms with E-state index in [9.17, 15) is 15.3 Å². The van der Waals surface area contributed by atoms with Gasteiger partial charge in [-0.05, 0) is 11.8 Å². The highest BCUT2D eigenvalue weighted by Gasteiger charge is 2.29. The van der Waals surface area contributed by atoms with E-state index < -0.39 is 18.3 Å². The summed E-state index contributed by atoms with van der Waals surface area (Å²) < 4.78 is 0. The average molecular weight is 190 g/mol. The lowest BCUT2D eigenvalue weighted by molar-refractivity contribution is -0.0925. The van der Waals surface area contributed by atoms with E-state index in [0.29, 0.717) is 0 Å². The van der Waals surface area contributed by atoms with Crippen LogP contribution in [0.3, 0.4) is 0 Å². The summed E-state index contributed by atoms with van der Waals surface area (Å²) >= 11 is 0. The van der Waals surface area contributed by atoms with Crippen molar-refractivity contribution in [1.29, 1.82) is 0 Å². The zero-order valence-electron chi connectivity index (χ0n) is 8.94. The molecule has 0 saturated carbocycles. The molecule has 3 nitrogen and oxygen atoms in total. The van der Waals surface area contributed by atoms with Crippen LogP contribution < -0.4 is 0 Å². The lowest BCUT2D eigenvalue weighted by Crippen LogP contribution is -2.43. The van der Waals surface area contributed by atoms with Gasteiger partial charge in [-0.25, -0.2) is 0 Å². The molecule has 0 aromatic heterocycles. The molecule has 80 valence electrons. The third kappa shape index (κ3) is 3.63. The molecule has 0 aliphatic heterocycles. The number of rotatable bonds is 5. The summed E-state index contributed by atoms with van der Waals surface area (Å²) in [5, 5.41) is 28.7. The molecule has 0 unspecified atom stereocenters. The molecule has 0 fully saturated rings. The molecule has 0 aromatic carbocycles. The van der Waals surface area contributed by atoms with Crippen molar-refractivity contribution in [2.45, 2.75) is 52.4 Å². The zero-order chi connectivity index (χ0) is 10.6. The molecule has 0 heterocycles. The van der Waals surface area contributed by atoms with Gasteiger partial charge in [-0.1, -0.05) is 34.1 Å². The summed E-state index contributed by atoms with van der Waals surface area (Å²) in [6.07, 6.45) is -1.91. The van der Waals surface area contributed by atoms with Crippen molar-refractivity contribution in [3.05, 3.63) is 0 Å². The molecule has 0 radical (unpaired) electrons. The van der Waals surface area contributed by atoms with Crippen LogP contribution in [0.25, 0.3) is 0 Å². The Labute approximate surface area is 80.4 Å². The average Bonchev–Trinajstić information content (AvgIpc) is 2.12. The van der Waals surface area contributed by atoms with Crippen molar-refractivity contribution < 1.29 is 15.3 Å². The second kappa shape index (κ2) is 5.58. The van der Waals surface area contributed by atoms with Gasteiger partial charge in [-0.3, -0.25) is 0 Å². The van der Waals surface area contributed by atoms with Gasteiger partial charge in [0.05, 0.1) is 12.2 Å². The fourth-order valence-electron chi connectivity index (χ4n) is 1.17. The van der Waals surface area contributed by atoms with Crippen LogP contribution in [0.15, 0.2) is 0 Å². The lowest BCUT2D eigenvalue weighted by atomic mass is 9.90. The molecular formula is C10H22O3. The predicted molar refractivity (Wildman–Crippen MR) is 52.3 cm³/mol. The van der Waals surface area contributed by atoms with E-state index in [4.69, 9.17) is 0 Å². The molecule has 13 heavy (non-hydrogen) atoms. The van der Waals surface area contributed by atoms with Crippen molar-refractivity contribution in [3.8, 4) is 0 Å². The minimum atomic E-state index is -1.03. The number of aliphatic hydroxyl groups excluding tert-OH is 3. The van der Waals surface area contributed by atoms with Crippen LogP contribution in [0.1, 0.15) is 34.1 Å². The number of hydrogen-bond acceptors (Lipinski definition) is 3. The minimum Gasteiger partial charge on any atom is -0.390 e. The Morgan fingerprint density at radius 1 is 0.846 bits per heavy atom. The quantitative estimate of drug-likeness (QED) is 0.600. The van der Waals surface area contributed by atoms with E-state index in [1.807, 2.05) is 27.7 Å². The van der Waals surface area contributed by atoms with Crippen molar-refractivity contribution >= 4 is 0 Å². The molecule has 3 heteroatoms. The van der Waals surface area contributed by atoms with Gasteiger partial charge in [-0.2, -0.15) is 0 Å². The molecule has 0 saturated heterocycles. The third-order valence-corrected chi connectivity index (χ3v) is 2.61. The first-order valence-corrected chi connectivity index (χ1v) is 4.96. The summed E-state index contributed by atoms with van der Waals surface area (Å²) in [5.74, 6) is -0.0166. The molecule has 0 bridgehead atoms. The largest absolute Gasteiger partial charge is 0.390 e. The summed E-state index contributed by atoms with van der Waals surface area (Å²) in [4.78, 5) is 0. The fourth-order valence-corrected chi connectivity index (χ4v) is 1.17. The molecule has 0 rings (SSSR count). The van der Waals surface area contributed by atoms with Crippen molar-refractivity contribution in [3.63, 3.8) is 0 Å². The highest BCUT2D eigenvalue weighted by Crippen LogP contribution is 2.17. The lowest BCUT2D eigenvalue weighted by Gasteiger charge is -2.28. The van der Waals surface area contributed by atoms with Gasteiger partial charge < -0.3 is 15.3 Å². The first-order chi connectivity index (χ1) is 5.91. The predicted octanol–water partition coefficient (Wildman–Crippen LogP) is 0.771. The topological polar surface area (TPSA) is 60.7 Å². The van der Waals surface area contributed by atoms with E-state index >= 15 is 0 Å². The SMILES string of the molecule is CC[C@@H](C)[C@@H](O)[C@H](O)[C@H](O)C(C)C. The Kier molecular flexibility index (Phi) is 5.53. The summed E-state index contributed by atoms with van der Waals surface area (Å²) in [7, 11) is 0. The number of aliphatic hydroxyl groups is 3. The van der Waals surface area contributed by atoms with Crippen LogP contribution in [0.2, 0.25) is 0 Å². The second-order valence-corrected chi connectivity index (χ2v) is 4.10.